The molecule has 0 saturated carbocycles. The van der Waals surface area contributed by atoms with Crippen LogP contribution in [0.15, 0.2) is 95.5 Å². The van der Waals surface area contributed by atoms with Gasteiger partial charge >= 0.3 is 0 Å². The Labute approximate surface area is 253 Å². The van der Waals surface area contributed by atoms with E-state index in [1.165, 1.54) is 12.1 Å². The number of carbonyl (C=O) groups is 1. The highest BCUT2D eigenvalue weighted by Crippen LogP contribution is 2.39. The standard InChI is InChI=1S/C35H38BrFO3Si/c1-24-18-27(20-30(37)19-24)34(38)33(26-12-14-29(36)15-13-26)32-17-16-31(39-22-25-10-8-7-9-11-25)21-28(32)23-40-41(5,6)35(2,3)4/h7-21,33H,22-23H2,1-6H3. The van der Waals surface area contributed by atoms with Crippen LogP contribution >= 0.6 is 15.9 Å². The molecule has 214 valence electrons. The summed E-state index contributed by atoms with van der Waals surface area (Å²) in [6, 6.07) is 28.1. The number of hydrogen-bond acceptors (Lipinski definition) is 3. The molecule has 0 aliphatic carbocycles. The molecule has 3 nitrogen and oxygen atoms in total. The number of ketones is 1. The van der Waals surface area contributed by atoms with E-state index in [1.807, 2.05) is 72.8 Å². The maximum Gasteiger partial charge on any atom is 0.192 e. The van der Waals surface area contributed by atoms with Gasteiger partial charge in [0.15, 0.2) is 14.1 Å². The first-order chi connectivity index (χ1) is 19.3. The minimum Gasteiger partial charge on any atom is -0.489 e. The number of halogens is 2. The summed E-state index contributed by atoms with van der Waals surface area (Å²) in [7, 11) is -2.11. The second-order valence-electron chi connectivity index (χ2n) is 12.0. The highest BCUT2D eigenvalue weighted by molar-refractivity contribution is 9.10. The molecule has 0 N–H and O–H groups in total. The molecule has 0 heterocycles. The molecule has 0 spiro atoms. The number of Topliss-reactive ketones (excluding diaryl/α,β-unsaturated/α-hetero) is 1. The maximum atomic E-state index is 14.4. The van der Waals surface area contributed by atoms with Crippen LogP contribution in [0.25, 0.3) is 0 Å². The van der Waals surface area contributed by atoms with Crippen molar-refractivity contribution in [3.05, 3.63) is 135 Å². The van der Waals surface area contributed by atoms with Crippen molar-refractivity contribution in [1.29, 1.82) is 0 Å². The molecule has 0 amide bonds. The van der Waals surface area contributed by atoms with Crippen LogP contribution in [0.5, 0.6) is 5.75 Å². The molecule has 41 heavy (non-hydrogen) atoms. The first-order valence-electron chi connectivity index (χ1n) is 13.8. The Hall–Kier alpha value is -3.06. The van der Waals surface area contributed by atoms with Crippen molar-refractivity contribution in [1.82, 2.24) is 0 Å². The molecule has 0 saturated heterocycles. The van der Waals surface area contributed by atoms with Crippen molar-refractivity contribution < 1.29 is 18.3 Å². The molecule has 0 aliphatic rings. The Balaban J connectivity index is 1.80. The van der Waals surface area contributed by atoms with Crippen LogP contribution in [0.4, 0.5) is 4.39 Å². The molecular formula is C35H38BrFO3Si. The number of benzene rings is 4. The summed E-state index contributed by atoms with van der Waals surface area (Å²) >= 11 is 3.51. The predicted molar refractivity (Wildman–Crippen MR) is 171 cm³/mol. The summed E-state index contributed by atoms with van der Waals surface area (Å²) in [5, 5.41) is 0.0224. The minimum atomic E-state index is -2.11. The number of hydrogen-bond donors (Lipinski definition) is 0. The van der Waals surface area contributed by atoms with E-state index < -0.39 is 20.1 Å². The van der Waals surface area contributed by atoms with Crippen LogP contribution in [-0.4, -0.2) is 14.1 Å². The lowest BCUT2D eigenvalue weighted by Gasteiger charge is -2.36. The van der Waals surface area contributed by atoms with E-state index in [-0.39, 0.29) is 10.8 Å². The maximum absolute atomic E-state index is 14.4. The van der Waals surface area contributed by atoms with Gasteiger partial charge in [-0.25, -0.2) is 4.39 Å². The van der Waals surface area contributed by atoms with Crippen LogP contribution < -0.4 is 4.74 Å². The van der Waals surface area contributed by atoms with Crippen molar-refractivity contribution in [3.8, 4) is 5.75 Å². The quantitative estimate of drug-likeness (QED) is 0.129. The highest BCUT2D eigenvalue weighted by atomic mass is 79.9. The first-order valence-corrected chi connectivity index (χ1v) is 17.5. The van der Waals surface area contributed by atoms with Gasteiger partial charge in [0.1, 0.15) is 18.2 Å². The third kappa shape index (κ3) is 7.82. The van der Waals surface area contributed by atoms with Gasteiger partial charge in [-0.05, 0) is 95.3 Å². The normalized spacial score (nSPS) is 12.7. The van der Waals surface area contributed by atoms with Crippen LogP contribution in [0.3, 0.4) is 0 Å². The first kappa shape index (κ1) is 30.9. The lowest BCUT2D eigenvalue weighted by Crippen LogP contribution is -2.40. The number of aryl methyl sites for hydroxylation is 1. The Bertz CT molecular complexity index is 1470. The van der Waals surface area contributed by atoms with Crippen molar-refractivity contribution >= 4 is 30.0 Å². The predicted octanol–water partition coefficient (Wildman–Crippen LogP) is 10.0. The zero-order valence-corrected chi connectivity index (χ0v) is 27.2. The smallest absolute Gasteiger partial charge is 0.192 e. The van der Waals surface area contributed by atoms with E-state index in [0.717, 1.165) is 26.7 Å². The monoisotopic (exact) mass is 632 g/mol. The summed E-state index contributed by atoms with van der Waals surface area (Å²) in [6.45, 7) is 13.6. The molecule has 0 bridgehead atoms. The van der Waals surface area contributed by atoms with Crippen molar-refractivity contribution in [2.24, 2.45) is 0 Å². The van der Waals surface area contributed by atoms with E-state index in [4.69, 9.17) is 9.16 Å². The van der Waals surface area contributed by atoms with Gasteiger partial charge in [-0.1, -0.05) is 85.2 Å². The fraction of sp³-hybridized carbons (Fsp3) is 0.286. The molecular weight excluding hydrogens is 595 g/mol. The van der Waals surface area contributed by atoms with Gasteiger partial charge in [0.05, 0.1) is 12.5 Å². The average molecular weight is 634 g/mol. The van der Waals surface area contributed by atoms with Gasteiger partial charge in [0.25, 0.3) is 0 Å². The molecule has 1 unspecified atom stereocenters. The van der Waals surface area contributed by atoms with Gasteiger partial charge in [-0.15, -0.1) is 0 Å². The Morgan fingerprint density at radius 3 is 2.22 bits per heavy atom. The zero-order chi connectivity index (χ0) is 29.8. The molecule has 1 atom stereocenters. The topological polar surface area (TPSA) is 35.5 Å². The minimum absolute atomic E-state index is 0.0224. The molecule has 0 radical (unpaired) electrons. The van der Waals surface area contributed by atoms with E-state index in [9.17, 15) is 9.18 Å². The molecule has 4 aromatic rings. The van der Waals surface area contributed by atoms with Crippen LogP contribution in [0.2, 0.25) is 18.1 Å². The van der Waals surface area contributed by atoms with Gasteiger partial charge in [0.2, 0.25) is 0 Å². The zero-order valence-electron chi connectivity index (χ0n) is 24.6. The number of carbonyl (C=O) groups excluding carboxylic acids is 1. The van der Waals surface area contributed by atoms with Crippen molar-refractivity contribution in [3.63, 3.8) is 0 Å². The van der Waals surface area contributed by atoms with E-state index in [0.29, 0.717) is 30.1 Å². The molecule has 0 aliphatic heterocycles. The third-order valence-electron chi connectivity index (χ3n) is 7.86. The van der Waals surface area contributed by atoms with Gasteiger partial charge in [0, 0.05) is 10.0 Å². The summed E-state index contributed by atoms with van der Waals surface area (Å²) < 4.78 is 28.2. The fourth-order valence-corrected chi connectivity index (χ4v) is 5.68. The molecule has 0 aromatic heterocycles. The largest absolute Gasteiger partial charge is 0.489 e. The van der Waals surface area contributed by atoms with Crippen LogP contribution in [0.1, 0.15) is 64.9 Å². The van der Waals surface area contributed by atoms with Crippen molar-refractivity contribution in [2.45, 2.75) is 65.0 Å². The summed E-state index contributed by atoms with van der Waals surface area (Å²) in [5.74, 6) is -0.531. The van der Waals surface area contributed by atoms with E-state index in [1.54, 1.807) is 13.0 Å². The number of ether oxygens (including phenoxy) is 1. The van der Waals surface area contributed by atoms with Gasteiger partial charge < -0.3 is 9.16 Å². The third-order valence-corrected chi connectivity index (χ3v) is 12.9. The highest BCUT2D eigenvalue weighted by Gasteiger charge is 2.37. The second-order valence-corrected chi connectivity index (χ2v) is 17.8. The Morgan fingerprint density at radius 1 is 0.902 bits per heavy atom. The molecule has 4 rings (SSSR count). The van der Waals surface area contributed by atoms with Gasteiger partial charge in [-0.2, -0.15) is 0 Å². The fourth-order valence-electron chi connectivity index (χ4n) is 4.47. The Kier molecular flexibility index (Phi) is 9.68. The van der Waals surface area contributed by atoms with Crippen LogP contribution in [-0.2, 0) is 17.6 Å². The van der Waals surface area contributed by atoms with E-state index in [2.05, 4.69) is 49.8 Å². The summed E-state index contributed by atoms with van der Waals surface area (Å²) in [5.41, 5.74) is 4.65. The molecule has 6 heteroatoms. The summed E-state index contributed by atoms with van der Waals surface area (Å²) in [6.07, 6.45) is 0. The number of rotatable bonds is 10. The lowest BCUT2D eigenvalue weighted by molar-refractivity contribution is 0.0972. The molecule has 0 fully saturated rings. The van der Waals surface area contributed by atoms with Crippen molar-refractivity contribution in [2.75, 3.05) is 0 Å². The second kappa shape index (κ2) is 12.8. The average Bonchev–Trinajstić information content (AvgIpc) is 2.92. The summed E-state index contributed by atoms with van der Waals surface area (Å²) in [4.78, 5) is 14.2. The Morgan fingerprint density at radius 2 is 1.59 bits per heavy atom. The van der Waals surface area contributed by atoms with Crippen LogP contribution in [0, 0.1) is 12.7 Å². The molecule has 4 aromatic carbocycles. The van der Waals surface area contributed by atoms with Gasteiger partial charge in [-0.3, -0.25) is 4.79 Å². The SMILES string of the molecule is Cc1cc(F)cc(C(=O)C(c2ccc(Br)cc2)c2ccc(OCc3ccccc3)cc2CO[Si](C)(C)C(C)(C)C)c1. The lowest BCUT2D eigenvalue weighted by atomic mass is 9.82. The van der Waals surface area contributed by atoms with E-state index >= 15 is 0 Å².